The van der Waals surface area contributed by atoms with Gasteiger partial charge in [0.25, 0.3) is 0 Å². The Labute approximate surface area is 233 Å². The molecule has 40 heavy (non-hydrogen) atoms. The molecule has 0 saturated carbocycles. The average molecular weight is 534 g/mol. The van der Waals surface area contributed by atoms with E-state index >= 15 is 0 Å². The van der Waals surface area contributed by atoms with Gasteiger partial charge in [-0.3, -0.25) is 9.59 Å². The highest BCUT2D eigenvalue weighted by atomic mass is 16.5. The van der Waals surface area contributed by atoms with Crippen LogP contribution in [-0.2, 0) is 27.2 Å². The largest absolute Gasteiger partial charge is 0.481 e. The SMILES string of the molecule is O=C(NC(Cc1ccccc1)C(=O)CC(Cc1ccccc1)C(=O)O)OCC1c2ccccc2-c2ccccc21. The third kappa shape index (κ3) is 6.29. The van der Waals surface area contributed by atoms with Gasteiger partial charge in [-0.1, -0.05) is 109 Å². The lowest BCUT2D eigenvalue weighted by Gasteiger charge is -2.21. The van der Waals surface area contributed by atoms with Crippen LogP contribution in [0.4, 0.5) is 4.79 Å². The lowest BCUT2D eigenvalue weighted by atomic mass is 9.90. The van der Waals surface area contributed by atoms with Crippen LogP contribution in [0.1, 0.15) is 34.6 Å². The molecule has 4 aromatic carbocycles. The molecule has 2 unspecified atom stereocenters. The molecule has 0 bridgehead atoms. The van der Waals surface area contributed by atoms with Crippen LogP contribution >= 0.6 is 0 Å². The third-order valence-electron chi connectivity index (χ3n) is 7.43. The fourth-order valence-corrected chi connectivity index (χ4v) is 5.41. The number of ketones is 1. The van der Waals surface area contributed by atoms with Gasteiger partial charge in [0.15, 0.2) is 5.78 Å². The Morgan fingerprint density at radius 3 is 1.75 bits per heavy atom. The molecule has 202 valence electrons. The molecule has 4 aromatic rings. The second kappa shape index (κ2) is 12.4. The van der Waals surface area contributed by atoms with Gasteiger partial charge in [-0.05, 0) is 46.2 Å². The van der Waals surface area contributed by atoms with Crippen molar-refractivity contribution < 1.29 is 24.2 Å². The van der Waals surface area contributed by atoms with Crippen LogP contribution in [-0.4, -0.2) is 35.6 Å². The van der Waals surface area contributed by atoms with Gasteiger partial charge in [0.2, 0.25) is 0 Å². The van der Waals surface area contributed by atoms with Crippen molar-refractivity contribution >= 4 is 17.8 Å². The molecule has 0 radical (unpaired) electrons. The topological polar surface area (TPSA) is 92.7 Å². The Bertz CT molecular complexity index is 1440. The number of hydrogen-bond donors (Lipinski definition) is 2. The number of nitrogens with one attached hydrogen (secondary N) is 1. The Balaban J connectivity index is 1.28. The molecule has 1 aliphatic rings. The minimum absolute atomic E-state index is 0.108. The van der Waals surface area contributed by atoms with E-state index < -0.39 is 24.0 Å². The molecule has 2 atom stereocenters. The van der Waals surface area contributed by atoms with E-state index in [0.29, 0.717) is 0 Å². The number of amides is 1. The van der Waals surface area contributed by atoms with Gasteiger partial charge in [0, 0.05) is 12.3 Å². The molecule has 5 rings (SSSR count). The van der Waals surface area contributed by atoms with Crippen molar-refractivity contribution in [1.29, 1.82) is 0 Å². The van der Waals surface area contributed by atoms with Crippen LogP contribution in [0.15, 0.2) is 109 Å². The van der Waals surface area contributed by atoms with Crippen molar-refractivity contribution in [3.05, 3.63) is 131 Å². The van der Waals surface area contributed by atoms with Crippen molar-refractivity contribution in [2.45, 2.75) is 31.2 Å². The molecular weight excluding hydrogens is 502 g/mol. The van der Waals surface area contributed by atoms with E-state index in [1.54, 1.807) is 0 Å². The number of carbonyl (C=O) groups is 3. The summed E-state index contributed by atoms with van der Waals surface area (Å²) in [4.78, 5) is 38.5. The molecule has 0 saturated heterocycles. The number of alkyl carbamates (subject to hydrolysis) is 1. The number of rotatable bonds is 11. The first-order valence-electron chi connectivity index (χ1n) is 13.4. The number of carboxylic acid groups (broad SMARTS) is 1. The van der Waals surface area contributed by atoms with E-state index in [9.17, 15) is 19.5 Å². The molecule has 0 fully saturated rings. The molecule has 0 aliphatic heterocycles. The molecule has 0 spiro atoms. The first-order chi connectivity index (χ1) is 19.5. The Hall–Kier alpha value is -4.71. The molecule has 1 aliphatic carbocycles. The Kier molecular flexibility index (Phi) is 8.35. The molecule has 6 nitrogen and oxygen atoms in total. The van der Waals surface area contributed by atoms with Gasteiger partial charge in [-0.2, -0.15) is 0 Å². The summed E-state index contributed by atoms with van der Waals surface area (Å²) >= 11 is 0. The van der Waals surface area contributed by atoms with Crippen molar-refractivity contribution in [2.24, 2.45) is 5.92 Å². The molecule has 0 heterocycles. The number of carbonyl (C=O) groups excluding carboxylic acids is 2. The van der Waals surface area contributed by atoms with E-state index in [2.05, 4.69) is 17.4 Å². The van der Waals surface area contributed by atoms with Crippen molar-refractivity contribution in [1.82, 2.24) is 5.32 Å². The molecule has 1 amide bonds. The fraction of sp³-hybridized carbons (Fsp3) is 0.206. The first kappa shape index (κ1) is 26.9. The van der Waals surface area contributed by atoms with E-state index in [1.807, 2.05) is 97.1 Å². The number of Topliss-reactive ketones (excluding diaryl/α,β-unsaturated/α-hetero) is 1. The minimum atomic E-state index is -1.04. The summed E-state index contributed by atoms with van der Waals surface area (Å²) in [6.07, 6.45) is -0.441. The number of ether oxygens (including phenoxy) is 1. The summed E-state index contributed by atoms with van der Waals surface area (Å²) in [5.41, 5.74) is 6.14. The number of hydrogen-bond acceptors (Lipinski definition) is 4. The summed E-state index contributed by atoms with van der Waals surface area (Å²) in [5.74, 6) is -2.40. The normalized spacial score (nSPS) is 13.5. The standard InChI is InChI=1S/C34H31NO5/c36-32(21-25(33(37)38)19-23-11-3-1-4-12-23)31(20-24-13-5-2-6-14-24)35-34(39)40-22-30-28-17-9-7-15-26(28)27-16-8-10-18-29(27)30/h1-18,25,30-31H,19-22H2,(H,35,39)(H,37,38). The Morgan fingerprint density at radius 2 is 1.20 bits per heavy atom. The van der Waals surface area contributed by atoms with Crippen LogP contribution in [0.2, 0.25) is 0 Å². The van der Waals surface area contributed by atoms with Crippen molar-refractivity contribution in [3.63, 3.8) is 0 Å². The van der Waals surface area contributed by atoms with Crippen LogP contribution in [0.3, 0.4) is 0 Å². The molecule has 2 N–H and O–H groups in total. The first-order valence-corrected chi connectivity index (χ1v) is 13.4. The predicted octanol–water partition coefficient (Wildman–Crippen LogP) is 6.04. The summed E-state index contributed by atoms with van der Waals surface area (Å²) in [6.45, 7) is 0.123. The van der Waals surface area contributed by atoms with E-state index in [1.165, 1.54) is 0 Å². The number of benzene rings is 4. The number of aliphatic carboxylic acids is 1. The zero-order chi connectivity index (χ0) is 27.9. The maximum absolute atomic E-state index is 13.4. The predicted molar refractivity (Wildman–Crippen MR) is 153 cm³/mol. The zero-order valence-electron chi connectivity index (χ0n) is 22.0. The van der Waals surface area contributed by atoms with Crippen LogP contribution in [0, 0.1) is 5.92 Å². The van der Waals surface area contributed by atoms with Crippen molar-refractivity contribution in [2.75, 3.05) is 6.61 Å². The second-order valence-electron chi connectivity index (χ2n) is 10.1. The van der Waals surface area contributed by atoms with Gasteiger partial charge in [0.1, 0.15) is 6.61 Å². The maximum atomic E-state index is 13.4. The summed E-state index contributed by atoms with van der Waals surface area (Å²) < 4.78 is 5.69. The van der Waals surface area contributed by atoms with Gasteiger partial charge in [0.05, 0.1) is 12.0 Å². The highest BCUT2D eigenvalue weighted by Gasteiger charge is 2.31. The highest BCUT2D eigenvalue weighted by Crippen LogP contribution is 2.44. The van der Waals surface area contributed by atoms with Gasteiger partial charge < -0.3 is 15.2 Å². The lowest BCUT2D eigenvalue weighted by molar-refractivity contribution is -0.143. The average Bonchev–Trinajstić information content (AvgIpc) is 3.30. The van der Waals surface area contributed by atoms with E-state index in [0.717, 1.165) is 33.4 Å². The van der Waals surface area contributed by atoms with Crippen LogP contribution in [0.25, 0.3) is 11.1 Å². The second-order valence-corrected chi connectivity index (χ2v) is 10.1. The van der Waals surface area contributed by atoms with Gasteiger partial charge in [-0.15, -0.1) is 0 Å². The third-order valence-corrected chi connectivity index (χ3v) is 7.43. The molecular formula is C34H31NO5. The summed E-state index contributed by atoms with van der Waals surface area (Å²) in [6, 6.07) is 33.8. The number of carboxylic acids is 1. The Morgan fingerprint density at radius 1 is 0.700 bits per heavy atom. The van der Waals surface area contributed by atoms with E-state index in [4.69, 9.17) is 4.74 Å². The quantitative estimate of drug-likeness (QED) is 0.245. The van der Waals surface area contributed by atoms with Crippen LogP contribution < -0.4 is 5.32 Å². The highest BCUT2D eigenvalue weighted by molar-refractivity contribution is 5.90. The maximum Gasteiger partial charge on any atom is 0.407 e. The lowest BCUT2D eigenvalue weighted by Crippen LogP contribution is -2.44. The van der Waals surface area contributed by atoms with E-state index in [-0.39, 0.29) is 37.6 Å². The van der Waals surface area contributed by atoms with Crippen LogP contribution in [0.5, 0.6) is 0 Å². The van der Waals surface area contributed by atoms with Crippen molar-refractivity contribution in [3.8, 4) is 11.1 Å². The number of fused-ring (bicyclic) bond motifs is 3. The zero-order valence-corrected chi connectivity index (χ0v) is 22.0. The summed E-state index contributed by atoms with van der Waals surface area (Å²) in [7, 11) is 0. The fourth-order valence-electron chi connectivity index (χ4n) is 5.41. The summed E-state index contributed by atoms with van der Waals surface area (Å²) in [5, 5.41) is 12.6. The monoisotopic (exact) mass is 533 g/mol. The van der Waals surface area contributed by atoms with Gasteiger partial charge in [-0.25, -0.2) is 4.79 Å². The van der Waals surface area contributed by atoms with Gasteiger partial charge >= 0.3 is 12.1 Å². The minimum Gasteiger partial charge on any atom is -0.481 e. The molecule has 6 heteroatoms. The smallest absolute Gasteiger partial charge is 0.407 e. The molecule has 0 aromatic heterocycles.